The van der Waals surface area contributed by atoms with E-state index in [0.717, 1.165) is 43.6 Å². The summed E-state index contributed by atoms with van der Waals surface area (Å²) in [5, 5.41) is 11.8. The van der Waals surface area contributed by atoms with E-state index < -0.39 is 0 Å². The standard InChI is InChI=1S/C21H28Cl2N2S.C2H6/c1-4-7-20(26-14-15(3)5-2)25-21(17-8-6-9-17)24-13-16-10-11-18(22)19(23)12-16;1-2/h7,10-12,14,24-25H,4-6,8-9,13H2,1-3H3;1-2H3/b15-14+,20-7+;. The summed E-state index contributed by atoms with van der Waals surface area (Å²) in [5.74, 6) is 1.14. The van der Waals surface area contributed by atoms with Crippen molar-refractivity contribution >= 4 is 35.0 Å². The minimum absolute atomic E-state index is 0.591. The van der Waals surface area contributed by atoms with E-state index in [1.165, 1.54) is 22.6 Å². The van der Waals surface area contributed by atoms with Crippen LogP contribution in [0, 0.1) is 0 Å². The molecule has 0 unspecified atom stereocenters. The van der Waals surface area contributed by atoms with Crippen LogP contribution in [0.25, 0.3) is 0 Å². The van der Waals surface area contributed by atoms with E-state index in [4.69, 9.17) is 23.2 Å². The molecule has 1 fully saturated rings. The number of nitrogens with one attached hydrogen (secondary N) is 2. The predicted octanol–water partition coefficient (Wildman–Crippen LogP) is 8.39. The van der Waals surface area contributed by atoms with Crippen molar-refractivity contribution in [2.24, 2.45) is 0 Å². The Bertz CT molecular complexity index is 703. The highest BCUT2D eigenvalue weighted by molar-refractivity contribution is 8.05. The molecule has 2 nitrogen and oxygen atoms in total. The second kappa shape index (κ2) is 14.0. The van der Waals surface area contributed by atoms with E-state index in [1.54, 1.807) is 11.8 Å². The van der Waals surface area contributed by atoms with Gasteiger partial charge in [-0.15, -0.1) is 0 Å². The molecule has 0 spiro atoms. The fourth-order valence-electron chi connectivity index (χ4n) is 2.39. The van der Waals surface area contributed by atoms with Gasteiger partial charge in [-0.1, -0.05) is 80.4 Å². The number of rotatable bonds is 9. The molecule has 156 valence electrons. The van der Waals surface area contributed by atoms with E-state index in [9.17, 15) is 0 Å². The van der Waals surface area contributed by atoms with Gasteiger partial charge in [0, 0.05) is 6.54 Å². The van der Waals surface area contributed by atoms with Gasteiger partial charge in [0.25, 0.3) is 0 Å². The van der Waals surface area contributed by atoms with Gasteiger partial charge >= 0.3 is 0 Å². The van der Waals surface area contributed by atoms with Crippen LogP contribution in [0.3, 0.4) is 0 Å². The van der Waals surface area contributed by atoms with Gasteiger partial charge < -0.3 is 10.6 Å². The quantitative estimate of drug-likeness (QED) is 0.402. The molecule has 1 aliphatic carbocycles. The summed E-state index contributed by atoms with van der Waals surface area (Å²) in [6, 6.07) is 5.78. The first-order valence-corrected chi connectivity index (χ1v) is 11.9. The number of hydrogen-bond acceptors (Lipinski definition) is 3. The summed E-state index contributed by atoms with van der Waals surface area (Å²) < 4.78 is 0. The highest BCUT2D eigenvalue weighted by Crippen LogP contribution is 2.29. The summed E-state index contributed by atoms with van der Waals surface area (Å²) in [4.78, 5) is 0. The Morgan fingerprint density at radius 2 is 1.86 bits per heavy atom. The van der Waals surface area contributed by atoms with Crippen molar-refractivity contribution in [3.8, 4) is 0 Å². The first kappa shape index (κ1) is 25.0. The molecule has 1 aromatic rings. The minimum Gasteiger partial charge on any atom is -0.368 e. The number of thioether (sulfide) groups is 1. The lowest BCUT2D eigenvalue weighted by molar-refractivity contribution is 0.606. The predicted molar refractivity (Wildman–Crippen MR) is 129 cm³/mol. The lowest BCUT2D eigenvalue weighted by Gasteiger charge is -2.25. The van der Waals surface area contributed by atoms with Crippen LogP contribution in [0.5, 0.6) is 0 Å². The molecule has 0 radical (unpaired) electrons. The highest BCUT2D eigenvalue weighted by Gasteiger charge is 2.15. The average Bonchev–Trinajstić information content (AvgIpc) is 2.66. The fraction of sp³-hybridized carbons (Fsp3) is 0.478. The van der Waals surface area contributed by atoms with Crippen molar-refractivity contribution in [1.82, 2.24) is 10.6 Å². The van der Waals surface area contributed by atoms with Crippen LogP contribution in [-0.2, 0) is 6.54 Å². The van der Waals surface area contributed by atoms with Crippen LogP contribution in [-0.4, -0.2) is 0 Å². The molecule has 1 saturated carbocycles. The summed E-state index contributed by atoms with van der Waals surface area (Å²) in [5.41, 5.74) is 3.97. The Morgan fingerprint density at radius 3 is 2.39 bits per heavy atom. The largest absolute Gasteiger partial charge is 0.368 e. The third-order valence-electron chi connectivity index (χ3n) is 4.35. The molecule has 0 saturated heterocycles. The lowest BCUT2D eigenvalue weighted by atomic mass is 9.92. The van der Waals surface area contributed by atoms with Crippen molar-refractivity contribution in [2.45, 2.75) is 73.3 Å². The SMILES string of the molecule is CC.CC/C=C(\NC(NCc1ccc(Cl)c(Cl)c1)=C1CCC1)S/C=C(\C)CC. The van der Waals surface area contributed by atoms with Gasteiger partial charge in [0.05, 0.1) is 15.1 Å². The molecule has 0 bridgehead atoms. The Labute approximate surface area is 185 Å². The molecular weight excluding hydrogens is 407 g/mol. The van der Waals surface area contributed by atoms with Crippen LogP contribution < -0.4 is 10.6 Å². The molecule has 0 aromatic heterocycles. The molecule has 0 heterocycles. The molecule has 0 atom stereocenters. The maximum Gasteiger partial charge on any atom is 0.103 e. The van der Waals surface area contributed by atoms with Gasteiger partial charge in [0.2, 0.25) is 0 Å². The second-order valence-electron chi connectivity index (χ2n) is 6.47. The summed E-state index contributed by atoms with van der Waals surface area (Å²) >= 11 is 13.9. The topological polar surface area (TPSA) is 24.1 Å². The monoisotopic (exact) mass is 440 g/mol. The number of benzene rings is 1. The van der Waals surface area contributed by atoms with E-state index in [2.05, 4.69) is 42.9 Å². The molecule has 0 amide bonds. The molecule has 2 rings (SSSR count). The normalized spacial score (nSPS) is 14.0. The van der Waals surface area contributed by atoms with Crippen LogP contribution in [0.1, 0.15) is 72.3 Å². The van der Waals surface area contributed by atoms with Gasteiger partial charge in [-0.05, 0) is 67.7 Å². The maximum absolute atomic E-state index is 6.13. The van der Waals surface area contributed by atoms with E-state index in [0.29, 0.717) is 10.0 Å². The van der Waals surface area contributed by atoms with Crippen molar-refractivity contribution < 1.29 is 0 Å². The van der Waals surface area contributed by atoms with Gasteiger partial charge in [-0.2, -0.15) is 0 Å². The fourth-order valence-corrected chi connectivity index (χ4v) is 3.63. The maximum atomic E-state index is 6.13. The van der Waals surface area contributed by atoms with Gasteiger partial charge in [-0.25, -0.2) is 0 Å². The van der Waals surface area contributed by atoms with Crippen LogP contribution >= 0.6 is 35.0 Å². The minimum atomic E-state index is 0.591. The van der Waals surface area contributed by atoms with E-state index >= 15 is 0 Å². The van der Waals surface area contributed by atoms with Crippen LogP contribution in [0.4, 0.5) is 0 Å². The smallest absolute Gasteiger partial charge is 0.103 e. The third-order valence-corrected chi connectivity index (χ3v) is 6.13. The van der Waals surface area contributed by atoms with Crippen molar-refractivity contribution in [3.63, 3.8) is 0 Å². The Morgan fingerprint density at radius 1 is 1.14 bits per heavy atom. The van der Waals surface area contributed by atoms with E-state index in [1.807, 2.05) is 32.0 Å². The second-order valence-corrected chi connectivity index (χ2v) is 8.20. The number of hydrogen-bond donors (Lipinski definition) is 2. The molecule has 2 N–H and O–H groups in total. The number of halogens is 2. The Kier molecular flexibility index (Phi) is 12.5. The van der Waals surface area contributed by atoms with Crippen LogP contribution in [0.2, 0.25) is 10.0 Å². The van der Waals surface area contributed by atoms with Gasteiger partial charge in [-0.3, -0.25) is 0 Å². The van der Waals surface area contributed by atoms with Gasteiger partial charge in [0.15, 0.2) is 0 Å². The number of allylic oxidation sites excluding steroid dienone is 3. The first-order chi connectivity index (χ1) is 13.5. The van der Waals surface area contributed by atoms with Crippen molar-refractivity contribution in [1.29, 1.82) is 0 Å². The average molecular weight is 442 g/mol. The molecular formula is C23H34Cl2N2S. The zero-order valence-corrected chi connectivity index (χ0v) is 20.1. The van der Waals surface area contributed by atoms with Crippen molar-refractivity contribution in [2.75, 3.05) is 0 Å². The van der Waals surface area contributed by atoms with Gasteiger partial charge in [0.1, 0.15) is 5.82 Å². The molecule has 1 aromatic carbocycles. The molecule has 1 aliphatic rings. The van der Waals surface area contributed by atoms with E-state index in [-0.39, 0.29) is 0 Å². The molecule has 0 aliphatic heterocycles. The zero-order chi connectivity index (χ0) is 20.9. The summed E-state index contributed by atoms with van der Waals surface area (Å²) in [7, 11) is 0. The summed E-state index contributed by atoms with van der Waals surface area (Å²) in [6.07, 6.45) is 7.91. The lowest BCUT2D eigenvalue weighted by Crippen LogP contribution is -2.28. The third kappa shape index (κ3) is 8.55. The molecule has 28 heavy (non-hydrogen) atoms. The molecule has 5 heteroatoms. The van der Waals surface area contributed by atoms with Crippen molar-refractivity contribution in [3.05, 3.63) is 67.3 Å². The Balaban J connectivity index is 0.00000190. The summed E-state index contributed by atoms with van der Waals surface area (Å²) in [6.45, 7) is 11.2. The Hall–Kier alpha value is -1.03. The first-order valence-electron chi connectivity index (χ1n) is 10.2. The highest BCUT2D eigenvalue weighted by atomic mass is 35.5. The zero-order valence-electron chi connectivity index (χ0n) is 17.8. The van der Waals surface area contributed by atoms with Crippen LogP contribution in [0.15, 0.2) is 51.7 Å².